The molecule has 0 heterocycles. The molecule has 0 aliphatic rings. The molecule has 0 spiro atoms. The Hall–Kier alpha value is -0.890. The molecule has 0 aromatic heterocycles. The number of ether oxygens (including phenoxy) is 1. The zero-order chi connectivity index (χ0) is 14.1. The first-order valence-electron chi connectivity index (χ1n) is 6.51. The van der Waals surface area contributed by atoms with E-state index in [4.69, 9.17) is 4.74 Å². The van der Waals surface area contributed by atoms with E-state index in [9.17, 15) is 4.39 Å². The van der Waals surface area contributed by atoms with Crippen molar-refractivity contribution >= 4 is 29.9 Å². The molecule has 1 atom stereocenters. The lowest BCUT2D eigenvalue weighted by Crippen LogP contribution is -2.37. The predicted molar refractivity (Wildman–Crippen MR) is 91.2 cm³/mol. The molecule has 1 aromatic carbocycles. The smallest absolute Gasteiger partial charge is 0.191 e. The van der Waals surface area contributed by atoms with Crippen molar-refractivity contribution in [3.05, 3.63) is 35.6 Å². The number of methoxy groups -OCH3 is 1. The number of halogens is 2. The fourth-order valence-electron chi connectivity index (χ4n) is 1.68. The predicted octanol–water partition coefficient (Wildman–Crippen LogP) is 2.71. The lowest BCUT2D eigenvalue weighted by molar-refractivity contribution is 0.111. The van der Waals surface area contributed by atoms with Gasteiger partial charge in [-0.1, -0.05) is 12.1 Å². The minimum Gasteiger partial charge on any atom is -0.375 e. The number of rotatable bonds is 6. The summed E-state index contributed by atoms with van der Waals surface area (Å²) in [5, 5.41) is 6.29. The molecule has 1 unspecified atom stereocenters. The van der Waals surface area contributed by atoms with Crippen LogP contribution in [-0.4, -0.2) is 32.7 Å². The third-order valence-electron chi connectivity index (χ3n) is 2.63. The van der Waals surface area contributed by atoms with Crippen molar-refractivity contribution in [2.45, 2.75) is 20.0 Å². The van der Waals surface area contributed by atoms with Crippen LogP contribution in [0, 0.1) is 5.82 Å². The summed E-state index contributed by atoms with van der Waals surface area (Å²) in [6.45, 7) is 6.12. The molecule has 20 heavy (non-hydrogen) atoms. The zero-order valence-electron chi connectivity index (χ0n) is 12.1. The zero-order valence-corrected chi connectivity index (χ0v) is 14.5. The maximum atomic E-state index is 12.9. The van der Waals surface area contributed by atoms with E-state index >= 15 is 0 Å². The van der Waals surface area contributed by atoms with Crippen molar-refractivity contribution < 1.29 is 9.13 Å². The molecule has 0 aliphatic carbocycles. The van der Waals surface area contributed by atoms with Gasteiger partial charge in [0.1, 0.15) is 11.9 Å². The van der Waals surface area contributed by atoms with Gasteiger partial charge in [0.05, 0.1) is 6.54 Å². The highest BCUT2D eigenvalue weighted by Gasteiger charge is 2.10. The number of nitrogens with one attached hydrogen (secondary N) is 2. The number of hydrogen-bond acceptors (Lipinski definition) is 2. The molecule has 0 bridgehead atoms. The van der Waals surface area contributed by atoms with Crippen LogP contribution in [0.1, 0.15) is 25.5 Å². The SMILES string of the molecule is CCNC(=NCC(OC)c1ccc(F)cc1)NCC.I. The van der Waals surface area contributed by atoms with Crippen molar-refractivity contribution in [2.24, 2.45) is 4.99 Å². The van der Waals surface area contributed by atoms with E-state index in [-0.39, 0.29) is 35.9 Å². The molecule has 0 fully saturated rings. The first-order valence-corrected chi connectivity index (χ1v) is 6.51. The lowest BCUT2D eigenvalue weighted by Gasteiger charge is -2.15. The molecule has 0 amide bonds. The van der Waals surface area contributed by atoms with Crippen molar-refractivity contribution in [3.8, 4) is 0 Å². The van der Waals surface area contributed by atoms with Gasteiger partial charge in [-0.2, -0.15) is 0 Å². The average molecular weight is 395 g/mol. The van der Waals surface area contributed by atoms with Crippen molar-refractivity contribution in [1.82, 2.24) is 10.6 Å². The largest absolute Gasteiger partial charge is 0.375 e. The Kier molecular flexibility index (Phi) is 10.4. The van der Waals surface area contributed by atoms with E-state index in [1.54, 1.807) is 19.2 Å². The van der Waals surface area contributed by atoms with Crippen LogP contribution in [0.3, 0.4) is 0 Å². The van der Waals surface area contributed by atoms with Gasteiger partial charge in [-0.3, -0.25) is 4.99 Å². The molecule has 1 rings (SSSR count). The number of nitrogens with zero attached hydrogens (tertiary/aromatic N) is 1. The summed E-state index contributed by atoms with van der Waals surface area (Å²) in [5.41, 5.74) is 0.917. The topological polar surface area (TPSA) is 45.7 Å². The Labute approximate surface area is 137 Å². The molecule has 0 saturated heterocycles. The molecule has 4 nitrogen and oxygen atoms in total. The second kappa shape index (κ2) is 10.8. The Morgan fingerprint density at radius 2 is 1.75 bits per heavy atom. The van der Waals surface area contributed by atoms with Crippen molar-refractivity contribution in [2.75, 3.05) is 26.7 Å². The maximum Gasteiger partial charge on any atom is 0.191 e. The second-order valence-corrected chi connectivity index (χ2v) is 4.03. The van der Waals surface area contributed by atoms with Crippen LogP contribution < -0.4 is 10.6 Å². The highest BCUT2D eigenvalue weighted by Crippen LogP contribution is 2.17. The molecule has 0 saturated carbocycles. The van der Waals surface area contributed by atoms with Gasteiger partial charge in [0.2, 0.25) is 0 Å². The van der Waals surface area contributed by atoms with Gasteiger partial charge in [-0.05, 0) is 31.5 Å². The highest BCUT2D eigenvalue weighted by atomic mass is 127. The molecule has 114 valence electrons. The van der Waals surface area contributed by atoms with Crippen LogP contribution in [0.25, 0.3) is 0 Å². The molecule has 2 N–H and O–H groups in total. The van der Waals surface area contributed by atoms with Gasteiger partial charge in [0, 0.05) is 20.2 Å². The van der Waals surface area contributed by atoms with Gasteiger partial charge in [-0.25, -0.2) is 4.39 Å². The van der Waals surface area contributed by atoms with Crippen LogP contribution in [0.15, 0.2) is 29.3 Å². The molecular weight excluding hydrogens is 372 g/mol. The highest BCUT2D eigenvalue weighted by molar-refractivity contribution is 14.0. The molecule has 0 aliphatic heterocycles. The van der Waals surface area contributed by atoms with Gasteiger partial charge in [0.25, 0.3) is 0 Å². The summed E-state index contributed by atoms with van der Waals surface area (Å²) in [6, 6.07) is 6.31. The third kappa shape index (κ3) is 6.51. The average Bonchev–Trinajstić information content (AvgIpc) is 2.41. The molecular formula is C14H23FIN3O. The number of benzene rings is 1. The Morgan fingerprint density at radius 1 is 1.20 bits per heavy atom. The summed E-state index contributed by atoms with van der Waals surface area (Å²) in [6.07, 6.45) is -0.173. The van der Waals surface area contributed by atoms with Gasteiger partial charge >= 0.3 is 0 Å². The number of guanidine groups is 1. The van der Waals surface area contributed by atoms with Crippen LogP contribution in [-0.2, 0) is 4.74 Å². The third-order valence-corrected chi connectivity index (χ3v) is 2.63. The van der Waals surface area contributed by atoms with Crippen molar-refractivity contribution in [3.63, 3.8) is 0 Å². The minimum atomic E-state index is -0.247. The Balaban J connectivity index is 0.00000361. The lowest BCUT2D eigenvalue weighted by atomic mass is 10.1. The Morgan fingerprint density at radius 3 is 2.20 bits per heavy atom. The van der Waals surface area contributed by atoms with Crippen LogP contribution in [0.4, 0.5) is 4.39 Å². The van der Waals surface area contributed by atoms with Crippen LogP contribution in [0.2, 0.25) is 0 Å². The van der Waals surface area contributed by atoms with E-state index in [1.807, 2.05) is 13.8 Å². The first-order chi connectivity index (χ1) is 9.21. The van der Waals surface area contributed by atoms with Gasteiger partial charge in [0.15, 0.2) is 5.96 Å². The fraction of sp³-hybridized carbons (Fsp3) is 0.500. The molecule has 0 radical (unpaired) electrons. The van der Waals surface area contributed by atoms with Gasteiger partial charge in [-0.15, -0.1) is 24.0 Å². The van der Waals surface area contributed by atoms with Crippen LogP contribution >= 0.6 is 24.0 Å². The van der Waals surface area contributed by atoms with E-state index in [1.165, 1.54) is 12.1 Å². The van der Waals surface area contributed by atoms with E-state index in [2.05, 4.69) is 15.6 Å². The van der Waals surface area contributed by atoms with E-state index < -0.39 is 0 Å². The molecule has 1 aromatic rings. The summed E-state index contributed by atoms with van der Waals surface area (Å²) in [7, 11) is 1.63. The summed E-state index contributed by atoms with van der Waals surface area (Å²) < 4.78 is 18.3. The summed E-state index contributed by atoms with van der Waals surface area (Å²) in [5.74, 6) is 0.511. The number of hydrogen-bond donors (Lipinski definition) is 2. The van der Waals surface area contributed by atoms with E-state index in [0.29, 0.717) is 6.54 Å². The number of aliphatic imine (C=N–C) groups is 1. The second-order valence-electron chi connectivity index (χ2n) is 4.03. The van der Waals surface area contributed by atoms with E-state index in [0.717, 1.165) is 24.6 Å². The first kappa shape index (κ1) is 19.1. The monoisotopic (exact) mass is 395 g/mol. The van der Waals surface area contributed by atoms with Crippen molar-refractivity contribution in [1.29, 1.82) is 0 Å². The maximum absolute atomic E-state index is 12.9. The summed E-state index contributed by atoms with van der Waals surface area (Å²) in [4.78, 5) is 4.45. The minimum absolute atomic E-state index is 0. The Bertz CT molecular complexity index is 390. The fourth-order valence-corrected chi connectivity index (χ4v) is 1.68. The molecule has 6 heteroatoms. The summed E-state index contributed by atoms with van der Waals surface area (Å²) >= 11 is 0. The van der Waals surface area contributed by atoms with Gasteiger partial charge < -0.3 is 15.4 Å². The quantitative estimate of drug-likeness (QED) is 0.443. The van der Waals surface area contributed by atoms with Crippen LogP contribution in [0.5, 0.6) is 0 Å². The normalized spacial score (nSPS) is 11.2. The standard InChI is InChI=1S/C14H22FN3O.HI/c1-4-16-14(17-5-2)18-10-13(19-3)11-6-8-12(15)9-7-11;/h6-9,13H,4-5,10H2,1-3H3,(H2,16,17,18);1H.